The number of pyridine rings is 1. The first-order valence-corrected chi connectivity index (χ1v) is 7.29. The van der Waals surface area contributed by atoms with Gasteiger partial charge in [0.2, 0.25) is 5.82 Å². The highest BCUT2D eigenvalue weighted by atomic mass is 19.1. The van der Waals surface area contributed by atoms with Crippen molar-refractivity contribution in [3.05, 3.63) is 54.0 Å². The van der Waals surface area contributed by atoms with Crippen LogP contribution in [0.15, 0.2) is 41.1 Å². The molecule has 0 aliphatic carbocycles. The Hall–Kier alpha value is -3.16. The summed E-state index contributed by atoms with van der Waals surface area (Å²) in [6.07, 6.45) is 2.48. The molecule has 6 nitrogen and oxygen atoms in total. The molecule has 24 heavy (non-hydrogen) atoms. The van der Waals surface area contributed by atoms with Crippen LogP contribution in [0.1, 0.15) is 12.7 Å². The molecule has 0 N–H and O–H groups in total. The van der Waals surface area contributed by atoms with E-state index in [9.17, 15) is 8.78 Å². The van der Waals surface area contributed by atoms with Crippen molar-refractivity contribution >= 4 is 5.65 Å². The predicted octanol–water partition coefficient (Wildman–Crippen LogP) is 3.29. The molecule has 0 radical (unpaired) electrons. The number of hydrogen-bond donors (Lipinski definition) is 0. The first-order chi connectivity index (χ1) is 11.7. The third-order valence-corrected chi connectivity index (χ3v) is 3.65. The van der Waals surface area contributed by atoms with Crippen LogP contribution in [-0.2, 0) is 6.42 Å². The monoisotopic (exact) mass is 327 g/mol. The van der Waals surface area contributed by atoms with Gasteiger partial charge in [-0.15, -0.1) is 10.2 Å². The van der Waals surface area contributed by atoms with Gasteiger partial charge in [-0.05, 0) is 24.3 Å². The maximum Gasteiger partial charge on any atom is 0.264 e. The van der Waals surface area contributed by atoms with Crippen molar-refractivity contribution in [1.82, 2.24) is 24.7 Å². The predicted molar refractivity (Wildman–Crippen MR) is 81.0 cm³/mol. The fourth-order valence-electron chi connectivity index (χ4n) is 2.46. The maximum atomic E-state index is 13.8. The van der Waals surface area contributed by atoms with Gasteiger partial charge in [-0.2, -0.15) is 4.98 Å². The number of halogens is 2. The Bertz CT molecular complexity index is 1020. The van der Waals surface area contributed by atoms with Gasteiger partial charge in [-0.1, -0.05) is 18.1 Å². The van der Waals surface area contributed by atoms with Gasteiger partial charge in [-0.25, -0.2) is 8.78 Å². The number of aryl methyl sites for hydroxylation is 1. The van der Waals surface area contributed by atoms with Crippen molar-refractivity contribution in [3.63, 3.8) is 0 Å². The summed E-state index contributed by atoms with van der Waals surface area (Å²) < 4.78 is 34.5. The molecule has 0 amide bonds. The summed E-state index contributed by atoms with van der Waals surface area (Å²) in [5.41, 5.74) is 0.985. The molecule has 0 unspecified atom stereocenters. The van der Waals surface area contributed by atoms with E-state index in [0.29, 0.717) is 17.6 Å². The minimum atomic E-state index is -0.757. The van der Waals surface area contributed by atoms with E-state index >= 15 is 0 Å². The van der Waals surface area contributed by atoms with E-state index in [1.54, 1.807) is 18.3 Å². The smallest absolute Gasteiger partial charge is 0.264 e. The van der Waals surface area contributed by atoms with Crippen LogP contribution < -0.4 is 0 Å². The molecule has 1 aromatic carbocycles. The zero-order valence-corrected chi connectivity index (χ0v) is 12.6. The van der Waals surface area contributed by atoms with Crippen molar-refractivity contribution in [2.45, 2.75) is 13.3 Å². The Labute approximate surface area is 134 Å². The van der Waals surface area contributed by atoms with Crippen molar-refractivity contribution in [3.8, 4) is 22.8 Å². The third-order valence-electron chi connectivity index (χ3n) is 3.65. The molecule has 120 valence electrons. The molecule has 3 aromatic heterocycles. The van der Waals surface area contributed by atoms with E-state index in [0.717, 1.165) is 18.0 Å². The summed E-state index contributed by atoms with van der Waals surface area (Å²) in [5, 5.41) is 11.9. The Kier molecular flexibility index (Phi) is 3.30. The summed E-state index contributed by atoms with van der Waals surface area (Å²) in [6.45, 7) is 1.97. The van der Waals surface area contributed by atoms with Crippen LogP contribution >= 0.6 is 0 Å². The Morgan fingerprint density at radius 1 is 1.08 bits per heavy atom. The SMILES string of the molecule is CCc1nnc2ccc(-c3noc(-c4c(F)cccc4F)n3)cn12. The lowest BCUT2D eigenvalue weighted by Crippen LogP contribution is -1.94. The summed E-state index contributed by atoms with van der Waals surface area (Å²) in [7, 11) is 0. The quantitative estimate of drug-likeness (QED) is 0.577. The number of aromatic nitrogens is 5. The first kappa shape index (κ1) is 14.4. The second-order valence-electron chi connectivity index (χ2n) is 5.14. The molecule has 0 aliphatic rings. The average molecular weight is 327 g/mol. The zero-order valence-electron chi connectivity index (χ0n) is 12.6. The Morgan fingerprint density at radius 2 is 1.88 bits per heavy atom. The highest BCUT2D eigenvalue weighted by Crippen LogP contribution is 2.27. The van der Waals surface area contributed by atoms with Crippen molar-refractivity contribution in [2.75, 3.05) is 0 Å². The standard InChI is InChI=1S/C16H11F2N5O/c1-2-12-20-21-13-7-6-9(8-23(12)13)15-19-16(24-22-15)14-10(17)4-3-5-11(14)18/h3-8H,2H2,1H3. The van der Waals surface area contributed by atoms with Gasteiger partial charge >= 0.3 is 0 Å². The minimum Gasteiger partial charge on any atom is -0.333 e. The van der Waals surface area contributed by atoms with Crippen LogP contribution in [0.2, 0.25) is 0 Å². The van der Waals surface area contributed by atoms with E-state index in [2.05, 4.69) is 20.3 Å². The van der Waals surface area contributed by atoms with Gasteiger partial charge in [-0.3, -0.25) is 4.40 Å². The average Bonchev–Trinajstić information content (AvgIpc) is 3.20. The molecule has 3 heterocycles. The molecule has 0 saturated heterocycles. The highest BCUT2D eigenvalue weighted by Gasteiger charge is 2.19. The topological polar surface area (TPSA) is 69.1 Å². The van der Waals surface area contributed by atoms with Crippen molar-refractivity contribution in [1.29, 1.82) is 0 Å². The molecule has 8 heteroatoms. The number of fused-ring (bicyclic) bond motifs is 1. The zero-order chi connectivity index (χ0) is 16.7. The van der Waals surface area contributed by atoms with E-state index in [4.69, 9.17) is 4.52 Å². The Balaban J connectivity index is 1.80. The molecule has 0 aliphatic heterocycles. The molecule has 4 aromatic rings. The number of hydrogen-bond acceptors (Lipinski definition) is 5. The molecule has 0 atom stereocenters. The van der Waals surface area contributed by atoms with Gasteiger partial charge in [0.15, 0.2) is 5.65 Å². The van der Waals surface area contributed by atoms with Crippen LogP contribution in [0.4, 0.5) is 8.78 Å². The second kappa shape index (κ2) is 5.48. The van der Waals surface area contributed by atoms with Crippen molar-refractivity contribution < 1.29 is 13.3 Å². The lowest BCUT2D eigenvalue weighted by molar-refractivity contribution is 0.426. The van der Waals surface area contributed by atoms with Crippen LogP contribution in [0.5, 0.6) is 0 Å². The molecular formula is C16H11F2N5O. The van der Waals surface area contributed by atoms with E-state index in [-0.39, 0.29) is 17.3 Å². The Morgan fingerprint density at radius 3 is 2.62 bits per heavy atom. The molecule has 0 fully saturated rings. The van der Waals surface area contributed by atoms with E-state index < -0.39 is 11.6 Å². The van der Waals surface area contributed by atoms with Crippen LogP contribution in [0, 0.1) is 11.6 Å². The van der Waals surface area contributed by atoms with Gasteiger partial charge in [0, 0.05) is 18.2 Å². The highest BCUT2D eigenvalue weighted by molar-refractivity contribution is 5.61. The van der Waals surface area contributed by atoms with E-state index in [1.165, 1.54) is 6.07 Å². The minimum absolute atomic E-state index is 0.208. The van der Waals surface area contributed by atoms with Crippen molar-refractivity contribution in [2.24, 2.45) is 0 Å². The lowest BCUT2D eigenvalue weighted by atomic mass is 10.2. The molecule has 0 saturated carbocycles. The van der Waals surface area contributed by atoms with Gasteiger partial charge in [0.05, 0.1) is 0 Å². The molecular weight excluding hydrogens is 316 g/mol. The summed E-state index contributed by atoms with van der Waals surface area (Å²) in [4.78, 5) is 4.11. The lowest BCUT2D eigenvalue weighted by Gasteiger charge is -1.99. The largest absolute Gasteiger partial charge is 0.333 e. The normalized spacial score (nSPS) is 11.3. The molecule has 4 rings (SSSR count). The summed E-state index contributed by atoms with van der Waals surface area (Å²) in [6, 6.07) is 7.06. The third kappa shape index (κ3) is 2.23. The van der Waals surface area contributed by atoms with E-state index in [1.807, 2.05) is 11.3 Å². The molecule has 0 spiro atoms. The van der Waals surface area contributed by atoms with Gasteiger partial charge < -0.3 is 4.52 Å². The number of benzene rings is 1. The van der Waals surface area contributed by atoms with Crippen LogP contribution in [0.25, 0.3) is 28.5 Å². The molecule has 0 bridgehead atoms. The first-order valence-electron chi connectivity index (χ1n) is 7.29. The fourth-order valence-corrected chi connectivity index (χ4v) is 2.46. The maximum absolute atomic E-state index is 13.8. The van der Waals surface area contributed by atoms with Crippen LogP contribution in [-0.4, -0.2) is 24.7 Å². The van der Waals surface area contributed by atoms with Gasteiger partial charge in [0.1, 0.15) is 23.0 Å². The second-order valence-corrected chi connectivity index (χ2v) is 5.14. The number of nitrogens with zero attached hydrogens (tertiary/aromatic N) is 5. The van der Waals surface area contributed by atoms with Crippen LogP contribution in [0.3, 0.4) is 0 Å². The summed E-state index contributed by atoms with van der Waals surface area (Å²) in [5.74, 6) is -0.707. The van der Waals surface area contributed by atoms with Gasteiger partial charge in [0.25, 0.3) is 5.89 Å². The fraction of sp³-hybridized carbons (Fsp3) is 0.125. The summed E-state index contributed by atoms with van der Waals surface area (Å²) >= 11 is 0. The number of rotatable bonds is 3.